The van der Waals surface area contributed by atoms with Crippen LogP contribution >= 0.6 is 23.1 Å². The van der Waals surface area contributed by atoms with Crippen LogP contribution < -0.4 is 10.9 Å². The molecule has 1 amide bonds. The minimum atomic E-state index is -0.118. The normalized spacial score (nSPS) is 10.7. The highest BCUT2D eigenvalue weighted by molar-refractivity contribution is 7.99. The Kier molecular flexibility index (Phi) is 5.22. The number of nitrogens with one attached hydrogen (secondary N) is 2. The molecule has 0 radical (unpaired) electrons. The zero-order chi connectivity index (χ0) is 16.9. The Bertz CT molecular complexity index is 855. The minimum absolute atomic E-state index is 0.118. The highest BCUT2D eigenvalue weighted by Gasteiger charge is 2.11. The average Bonchev–Trinajstić information content (AvgIpc) is 3.24. The second kappa shape index (κ2) is 7.55. The van der Waals surface area contributed by atoms with Crippen LogP contribution in [0.15, 0.2) is 53.5 Å². The fourth-order valence-corrected chi connectivity index (χ4v) is 3.83. The van der Waals surface area contributed by atoms with E-state index in [-0.39, 0.29) is 11.7 Å². The van der Waals surface area contributed by atoms with Crippen molar-refractivity contribution in [2.24, 2.45) is 0 Å². The monoisotopic (exact) mass is 358 g/mol. The van der Waals surface area contributed by atoms with Gasteiger partial charge in [-0.15, -0.1) is 11.3 Å². The van der Waals surface area contributed by atoms with Crippen molar-refractivity contribution in [3.05, 3.63) is 53.2 Å². The van der Waals surface area contributed by atoms with Crippen LogP contribution in [0.25, 0.3) is 16.7 Å². The van der Waals surface area contributed by atoms with E-state index in [9.17, 15) is 4.79 Å². The zero-order valence-corrected chi connectivity index (χ0v) is 14.9. The van der Waals surface area contributed by atoms with Gasteiger partial charge in [-0.05, 0) is 30.5 Å². The molecule has 0 aliphatic carbocycles. The Hall–Kier alpha value is -2.25. The number of fused-ring (bicyclic) bond motifs is 1. The molecule has 7 heteroatoms. The van der Waals surface area contributed by atoms with Gasteiger partial charge >= 0.3 is 0 Å². The smallest absolute Gasteiger partial charge is 0.248 e. The first-order valence-corrected chi connectivity index (χ1v) is 9.41. The zero-order valence-electron chi connectivity index (χ0n) is 13.3. The lowest BCUT2D eigenvalue weighted by Crippen LogP contribution is -2.36. The number of rotatable bonds is 7. The van der Waals surface area contributed by atoms with Crippen LogP contribution in [0.4, 0.5) is 0 Å². The minimum Gasteiger partial charge on any atom is -0.319 e. The summed E-state index contributed by atoms with van der Waals surface area (Å²) >= 11 is 3.00. The Morgan fingerprint density at radius 2 is 2.12 bits per heavy atom. The molecule has 0 unspecified atom stereocenters. The molecule has 3 rings (SSSR count). The Morgan fingerprint density at radius 3 is 2.88 bits per heavy atom. The van der Waals surface area contributed by atoms with Gasteiger partial charge in [-0.1, -0.05) is 36.5 Å². The second-order valence-corrected chi connectivity index (χ2v) is 6.94. The van der Waals surface area contributed by atoms with Gasteiger partial charge in [0.05, 0.1) is 27.4 Å². The third-order valence-corrected chi connectivity index (χ3v) is 5.35. The van der Waals surface area contributed by atoms with Crippen molar-refractivity contribution in [2.75, 3.05) is 5.75 Å². The van der Waals surface area contributed by atoms with E-state index in [1.54, 1.807) is 11.3 Å². The van der Waals surface area contributed by atoms with Crippen molar-refractivity contribution in [1.82, 2.24) is 20.4 Å². The predicted octanol–water partition coefficient (Wildman–Crippen LogP) is 3.50. The number of hydrazine groups is 1. The lowest BCUT2D eigenvalue weighted by molar-refractivity contribution is -0.119. The molecule has 0 aliphatic rings. The number of aryl methyl sites for hydroxylation is 1. The van der Waals surface area contributed by atoms with E-state index in [0.29, 0.717) is 5.70 Å². The first kappa shape index (κ1) is 16.6. The average molecular weight is 358 g/mol. The first-order chi connectivity index (χ1) is 11.7. The highest BCUT2D eigenvalue weighted by atomic mass is 32.2. The molecular weight excluding hydrogens is 340 g/mol. The van der Waals surface area contributed by atoms with E-state index >= 15 is 0 Å². The summed E-state index contributed by atoms with van der Waals surface area (Å²) in [6, 6.07) is 11.9. The van der Waals surface area contributed by atoms with Crippen molar-refractivity contribution in [3.63, 3.8) is 0 Å². The number of thioether (sulfide) groups is 1. The van der Waals surface area contributed by atoms with Crippen molar-refractivity contribution in [2.45, 2.75) is 18.6 Å². The number of hydrogen-bond acceptors (Lipinski definition) is 5. The van der Waals surface area contributed by atoms with Crippen LogP contribution in [0.2, 0.25) is 0 Å². The predicted molar refractivity (Wildman–Crippen MR) is 101 cm³/mol. The maximum atomic E-state index is 12.0. The van der Waals surface area contributed by atoms with Gasteiger partial charge in [0, 0.05) is 6.54 Å². The summed E-state index contributed by atoms with van der Waals surface area (Å²) in [7, 11) is 0. The summed E-state index contributed by atoms with van der Waals surface area (Å²) in [6.07, 6.45) is 0. The number of benzene rings is 1. The summed E-state index contributed by atoms with van der Waals surface area (Å²) in [5, 5.41) is 2.82. The van der Waals surface area contributed by atoms with Gasteiger partial charge in [-0.2, -0.15) is 0 Å². The molecule has 5 nitrogen and oxygen atoms in total. The summed E-state index contributed by atoms with van der Waals surface area (Å²) < 4.78 is 2.12. The van der Waals surface area contributed by atoms with E-state index in [0.717, 1.165) is 27.6 Å². The number of amides is 1. The van der Waals surface area contributed by atoms with Crippen LogP contribution in [0.3, 0.4) is 0 Å². The number of imidazole rings is 1. The van der Waals surface area contributed by atoms with E-state index in [4.69, 9.17) is 0 Å². The van der Waals surface area contributed by atoms with Crippen molar-refractivity contribution in [1.29, 1.82) is 0 Å². The Morgan fingerprint density at radius 1 is 1.29 bits per heavy atom. The molecule has 0 aliphatic heterocycles. The third kappa shape index (κ3) is 3.63. The van der Waals surface area contributed by atoms with Crippen molar-refractivity contribution in [3.8, 4) is 0 Å². The molecule has 0 saturated carbocycles. The van der Waals surface area contributed by atoms with Gasteiger partial charge in [-0.3, -0.25) is 15.6 Å². The number of carbonyl (C=O) groups is 1. The van der Waals surface area contributed by atoms with Gasteiger partial charge in [0.15, 0.2) is 5.16 Å². The molecule has 0 fully saturated rings. The number of nitrogens with zero attached hydrogens (tertiary/aromatic N) is 2. The van der Waals surface area contributed by atoms with Gasteiger partial charge in [0.25, 0.3) is 0 Å². The topological polar surface area (TPSA) is 58.9 Å². The summed E-state index contributed by atoms with van der Waals surface area (Å²) in [5.74, 6) is 0.168. The molecular formula is C17H18N4OS2. The van der Waals surface area contributed by atoms with Crippen molar-refractivity contribution < 1.29 is 4.79 Å². The molecule has 0 spiro atoms. The molecule has 2 heterocycles. The number of hydrogen-bond donors (Lipinski definition) is 2. The summed E-state index contributed by atoms with van der Waals surface area (Å²) in [6.45, 7) is 6.80. The number of aromatic nitrogens is 2. The van der Waals surface area contributed by atoms with Crippen LogP contribution in [-0.2, 0) is 11.3 Å². The number of thiophene rings is 1. The molecule has 2 N–H and O–H groups in total. The van der Waals surface area contributed by atoms with E-state index in [2.05, 4.69) is 33.9 Å². The maximum Gasteiger partial charge on any atom is 0.248 e. The molecule has 0 saturated heterocycles. The van der Waals surface area contributed by atoms with Crippen LogP contribution in [0, 0.1) is 0 Å². The highest BCUT2D eigenvalue weighted by Crippen LogP contribution is 2.23. The van der Waals surface area contributed by atoms with Crippen LogP contribution in [0.5, 0.6) is 0 Å². The SMILES string of the molecule is C=C(NNC(=O)CSc1nc2ccccc2n1CC)c1cccs1. The molecule has 0 bridgehead atoms. The van der Waals surface area contributed by atoms with Gasteiger partial charge in [0.1, 0.15) is 0 Å². The number of carbonyl (C=O) groups excluding carboxylic acids is 1. The Labute approximate surface area is 148 Å². The lowest BCUT2D eigenvalue weighted by atomic mass is 10.3. The van der Waals surface area contributed by atoms with Gasteiger partial charge < -0.3 is 4.57 Å². The fraction of sp³-hybridized carbons (Fsp3) is 0.176. The molecule has 124 valence electrons. The first-order valence-electron chi connectivity index (χ1n) is 7.54. The quantitative estimate of drug-likeness (QED) is 0.501. The number of para-hydroxylation sites is 2. The van der Waals surface area contributed by atoms with Crippen LogP contribution in [0.1, 0.15) is 11.8 Å². The van der Waals surface area contributed by atoms with Gasteiger partial charge in [-0.25, -0.2) is 4.98 Å². The fourth-order valence-electron chi connectivity index (χ4n) is 2.29. The van der Waals surface area contributed by atoms with E-state index in [1.807, 2.05) is 41.8 Å². The van der Waals surface area contributed by atoms with E-state index in [1.165, 1.54) is 11.8 Å². The third-order valence-electron chi connectivity index (χ3n) is 3.44. The van der Waals surface area contributed by atoms with Gasteiger partial charge in [0.2, 0.25) is 5.91 Å². The summed E-state index contributed by atoms with van der Waals surface area (Å²) in [4.78, 5) is 17.6. The molecule has 0 atom stereocenters. The molecule has 2 aromatic heterocycles. The van der Waals surface area contributed by atoms with Crippen molar-refractivity contribution >= 4 is 45.7 Å². The standard InChI is InChI=1S/C17H18N4OS2/c1-3-21-14-8-5-4-7-13(14)18-17(21)24-11-16(22)20-19-12(2)15-9-6-10-23-15/h4-10,19H,2-3,11H2,1H3,(H,20,22). The second-order valence-electron chi connectivity index (χ2n) is 5.05. The van der Waals surface area contributed by atoms with Crippen LogP contribution in [-0.4, -0.2) is 21.2 Å². The summed E-state index contributed by atoms with van der Waals surface area (Å²) in [5.41, 5.74) is 8.25. The van der Waals surface area contributed by atoms with E-state index < -0.39 is 0 Å². The molecule has 1 aromatic carbocycles. The Balaban J connectivity index is 1.57. The maximum absolute atomic E-state index is 12.0. The molecule has 24 heavy (non-hydrogen) atoms. The molecule has 3 aromatic rings. The largest absolute Gasteiger partial charge is 0.319 e. The lowest BCUT2D eigenvalue weighted by Gasteiger charge is -2.10.